The van der Waals surface area contributed by atoms with Crippen LogP contribution in [0, 0.1) is 18.3 Å². The summed E-state index contributed by atoms with van der Waals surface area (Å²) in [4.78, 5) is 2.27. The number of nitrogens with two attached hydrogens (primary N) is 1. The molecule has 0 bridgehead atoms. The maximum Gasteiger partial charge on any atom is 0.191 e. The normalized spacial score (nSPS) is 10.9. The molecule has 7 heteroatoms. The summed E-state index contributed by atoms with van der Waals surface area (Å²) in [6.07, 6.45) is 0. The fourth-order valence-electron chi connectivity index (χ4n) is 2.74. The highest BCUT2D eigenvalue weighted by atomic mass is 15.4. The fourth-order valence-corrected chi connectivity index (χ4v) is 2.74. The van der Waals surface area contributed by atoms with Gasteiger partial charge in [-0.3, -0.25) is 0 Å². The Morgan fingerprint density at radius 3 is 2.50 bits per heavy atom. The van der Waals surface area contributed by atoms with Crippen molar-refractivity contribution in [1.29, 1.82) is 5.26 Å². The number of hydrogen-bond acceptors (Lipinski definition) is 6. The lowest BCUT2D eigenvalue weighted by molar-refractivity contribution is 0.657. The molecule has 1 aromatic carbocycles. The van der Waals surface area contributed by atoms with E-state index in [9.17, 15) is 5.26 Å². The van der Waals surface area contributed by atoms with Crippen molar-refractivity contribution in [3.63, 3.8) is 0 Å². The van der Waals surface area contributed by atoms with Gasteiger partial charge in [-0.05, 0) is 51.5 Å². The van der Waals surface area contributed by atoms with E-state index in [-0.39, 0.29) is 5.70 Å². The highest BCUT2D eigenvalue weighted by molar-refractivity contribution is 5.68. The average Bonchev–Trinajstić information content (AvgIpc) is 3.00. The maximum absolute atomic E-state index is 9.45. The number of nitriles is 1. The van der Waals surface area contributed by atoms with Crippen LogP contribution in [0.4, 0.5) is 17.2 Å². The van der Waals surface area contributed by atoms with E-state index < -0.39 is 0 Å². The van der Waals surface area contributed by atoms with Crippen LogP contribution in [-0.4, -0.2) is 22.9 Å². The number of azo groups is 1. The average molecular weight is 351 g/mol. The van der Waals surface area contributed by atoms with Gasteiger partial charge in [0, 0.05) is 25.3 Å². The Bertz CT molecular complexity index is 867. The minimum atomic E-state index is 0.241. The summed E-state index contributed by atoms with van der Waals surface area (Å²) in [6.45, 7) is 14.3. The van der Waals surface area contributed by atoms with E-state index in [1.807, 2.05) is 26.0 Å². The van der Waals surface area contributed by atoms with Gasteiger partial charge in [0.15, 0.2) is 5.82 Å². The second-order valence-electron chi connectivity index (χ2n) is 5.84. The second-order valence-corrected chi connectivity index (χ2v) is 5.84. The van der Waals surface area contributed by atoms with Gasteiger partial charge in [0.1, 0.15) is 17.3 Å². The number of aromatic nitrogens is 2. The van der Waals surface area contributed by atoms with E-state index >= 15 is 0 Å². The van der Waals surface area contributed by atoms with Crippen LogP contribution in [0.5, 0.6) is 0 Å². The molecule has 0 saturated carbocycles. The molecule has 0 saturated heterocycles. The first-order chi connectivity index (χ1) is 12.5. The molecule has 0 radical (unpaired) electrons. The number of hydrogen-bond donors (Lipinski definition) is 1. The zero-order valence-electron chi connectivity index (χ0n) is 15.8. The predicted octanol–water partition coefficient (Wildman–Crippen LogP) is 4.27. The molecule has 0 atom stereocenters. The van der Waals surface area contributed by atoms with Gasteiger partial charge in [-0.15, -0.1) is 10.2 Å². The van der Waals surface area contributed by atoms with Crippen molar-refractivity contribution >= 4 is 22.9 Å². The van der Waals surface area contributed by atoms with Crippen molar-refractivity contribution in [2.45, 2.75) is 34.2 Å². The molecule has 0 unspecified atom stereocenters. The van der Waals surface area contributed by atoms with Crippen LogP contribution in [0.1, 0.15) is 37.6 Å². The van der Waals surface area contributed by atoms with Crippen molar-refractivity contribution < 1.29 is 0 Å². The van der Waals surface area contributed by atoms with Crippen LogP contribution in [0.3, 0.4) is 0 Å². The minimum absolute atomic E-state index is 0.241. The number of benzene rings is 1. The van der Waals surface area contributed by atoms with Crippen molar-refractivity contribution in [1.82, 2.24) is 9.78 Å². The van der Waals surface area contributed by atoms with Crippen LogP contribution in [-0.2, 0) is 6.54 Å². The largest absolute Gasteiger partial charge is 0.397 e. The van der Waals surface area contributed by atoms with Crippen molar-refractivity contribution in [3.8, 4) is 6.07 Å². The van der Waals surface area contributed by atoms with Crippen molar-refractivity contribution in [3.05, 3.63) is 41.6 Å². The molecule has 0 amide bonds. The molecule has 0 spiro atoms. The van der Waals surface area contributed by atoms with Crippen LogP contribution in [0.15, 0.2) is 35.0 Å². The van der Waals surface area contributed by atoms with Gasteiger partial charge in [-0.25, -0.2) is 4.68 Å². The zero-order valence-corrected chi connectivity index (χ0v) is 15.8. The topological polar surface area (TPSA) is 95.6 Å². The first kappa shape index (κ1) is 19.2. The standard InChI is InChI=1S/C19H25N7/c1-6-25(7-2)15-9-10-17(13(4)11-15)22-23-19-16(12-20)18(14(5)21)24-26(19)8-3/h9-11H,5-8,21H2,1-4H3. The van der Waals surface area contributed by atoms with E-state index in [4.69, 9.17) is 5.73 Å². The summed E-state index contributed by atoms with van der Waals surface area (Å²) in [5.41, 5.74) is 9.55. The van der Waals surface area contributed by atoms with Gasteiger partial charge in [0.05, 0.1) is 11.4 Å². The van der Waals surface area contributed by atoms with Gasteiger partial charge in [0.25, 0.3) is 0 Å². The zero-order chi connectivity index (χ0) is 19.3. The molecule has 7 nitrogen and oxygen atoms in total. The summed E-state index contributed by atoms with van der Waals surface area (Å²) in [6, 6.07) is 8.17. The number of aryl methyl sites for hydroxylation is 2. The smallest absolute Gasteiger partial charge is 0.191 e. The van der Waals surface area contributed by atoms with Gasteiger partial charge in [-0.2, -0.15) is 10.4 Å². The third-order valence-corrected chi connectivity index (χ3v) is 4.20. The molecule has 1 heterocycles. The Morgan fingerprint density at radius 1 is 1.31 bits per heavy atom. The molecule has 2 N–H and O–H groups in total. The molecule has 0 aliphatic rings. The molecule has 2 rings (SSSR count). The molecule has 136 valence electrons. The Labute approximate surface area is 154 Å². The molecular formula is C19H25N7. The fraction of sp³-hybridized carbons (Fsp3) is 0.368. The summed E-state index contributed by atoms with van der Waals surface area (Å²) in [7, 11) is 0. The Hall–Kier alpha value is -3.14. The first-order valence-electron chi connectivity index (χ1n) is 8.69. The lowest BCUT2D eigenvalue weighted by Gasteiger charge is -2.21. The van der Waals surface area contributed by atoms with E-state index in [1.165, 1.54) is 0 Å². The second kappa shape index (κ2) is 8.30. The number of nitrogens with zero attached hydrogens (tertiary/aromatic N) is 6. The summed E-state index contributed by atoms with van der Waals surface area (Å²) in [5, 5.41) is 22.4. The van der Waals surface area contributed by atoms with Gasteiger partial charge in [0.2, 0.25) is 0 Å². The highest BCUT2D eigenvalue weighted by Crippen LogP contribution is 2.29. The molecule has 0 aliphatic heterocycles. The lowest BCUT2D eigenvalue weighted by atomic mass is 10.1. The van der Waals surface area contributed by atoms with Crippen LogP contribution >= 0.6 is 0 Å². The molecule has 2 aromatic rings. The van der Waals surface area contributed by atoms with Crippen LogP contribution in [0.25, 0.3) is 5.70 Å². The van der Waals surface area contributed by atoms with E-state index in [1.54, 1.807) is 4.68 Å². The van der Waals surface area contributed by atoms with Crippen LogP contribution in [0.2, 0.25) is 0 Å². The molecule has 26 heavy (non-hydrogen) atoms. The minimum Gasteiger partial charge on any atom is -0.397 e. The molecule has 0 fully saturated rings. The summed E-state index contributed by atoms with van der Waals surface area (Å²) < 4.78 is 1.61. The van der Waals surface area contributed by atoms with Crippen LogP contribution < -0.4 is 10.6 Å². The monoisotopic (exact) mass is 351 g/mol. The number of anilines is 1. The Kier molecular flexibility index (Phi) is 6.12. The third kappa shape index (κ3) is 3.75. The van der Waals surface area contributed by atoms with E-state index in [0.717, 1.165) is 30.0 Å². The SMILES string of the molecule is C=C(N)c1nn(CC)c(N=Nc2ccc(N(CC)CC)cc2C)c1C#N. The van der Waals surface area contributed by atoms with Gasteiger partial charge in [-0.1, -0.05) is 6.58 Å². The van der Waals surface area contributed by atoms with Crippen molar-refractivity contribution in [2.24, 2.45) is 16.0 Å². The van der Waals surface area contributed by atoms with E-state index in [2.05, 4.69) is 52.8 Å². The third-order valence-electron chi connectivity index (χ3n) is 4.20. The highest BCUT2D eigenvalue weighted by Gasteiger charge is 2.18. The Morgan fingerprint density at radius 2 is 2.00 bits per heavy atom. The van der Waals surface area contributed by atoms with Gasteiger partial charge >= 0.3 is 0 Å². The van der Waals surface area contributed by atoms with E-state index in [0.29, 0.717) is 23.6 Å². The number of rotatable bonds is 7. The molecular weight excluding hydrogens is 326 g/mol. The van der Waals surface area contributed by atoms with Crippen molar-refractivity contribution in [2.75, 3.05) is 18.0 Å². The Balaban J connectivity index is 2.42. The summed E-state index contributed by atoms with van der Waals surface area (Å²) >= 11 is 0. The maximum atomic E-state index is 9.45. The summed E-state index contributed by atoms with van der Waals surface area (Å²) in [5.74, 6) is 0.392. The molecule has 0 aliphatic carbocycles. The first-order valence-corrected chi connectivity index (χ1v) is 8.69. The quantitative estimate of drug-likeness (QED) is 0.753. The van der Waals surface area contributed by atoms with Gasteiger partial charge < -0.3 is 10.6 Å². The lowest BCUT2D eigenvalue weighted by Crippen LogP contribution is -2.21. The molecule has 1 aromatic heterocycles. The predicted molar refractivity (Wildman–Crippen MR) is 105 cm³/mol.